The monoisotopic (exact) mass is 513 g/mol. The van der Waals surface area contributed by atoms with Gasteiger partial charge in [-0.3, -0.25) is 14.6 Å². The number of hydrogen-bond acceptors (Lipinski definition) is 5. The van der Waals surface area contributed by atoms with Crippen molar-refractivity contribution < 1.29 is 45.4 Å². The van der Waals surface area contributed by atoms with E-state index in [4.69, 9.17) is 0 Å². The Morgan fingerprint density at radius 3 is 1.69 bits per heavy atom. The number of pyridine rings is 1. The van der Waals surface area contributed by atoms with Gasteiger partial charge in [-0.2, -0.15) is 0 Å². The molecule has 1 heterocycles. The SMILES string of the molecule is O=C(NCc1ccccc1OC(F)(F)F)c1ccnc(C(=O)NCc2ccccc2OC(F)(F)F)c1. The molecule has 0 saturated carbocycles. The highest BCUT2D eigenvalue weighted by Crippen LogP contribution is 2.27. The first-order valence-corrected chi connectivity index (χ1v) is 10.1. The molecular formula is C23H17F6N3O4. The second kappa shape index (κ2) is 11.0. The van der Waals surface area contributed by atoms with E-state index in [1.807, 2.05) is 0 Å². The molecule has 1 aromatic heterocycles. The molecule has 0 bridgehead atoms. The van der Waals surface area contributed by atoms with Crippen LogP contribution in [0.3, 0.4) is 0 Å². The molecule has 0 fully saturated rings. The normalized spacial score (nSPS) is 11.5. The van der Waals surface area contributed by atoms with Crippen LogP contribution in [0.15, 0.2) is 66.9 Å². The molecule has 7 nitrogen and oxygen atoms in total. The van der Waals surface area contributed by atoms with Crippen LogP contribution in [-0.2, 0) is 13.1 Å². The summed E-state index contributed by atoms with van der Waals surface area (Å²) in [6, 6.07) is 12.9. The number of aromatic nitrogens is 1. The zero-order valence-corrected chi connectivity index (χ0v) is 18.1. The smallest absolute Gasteiger partial charge is 0.405 e. The van der Waals surface area contributed by atoms with Crippen molar-refractivity contribution in [3.8, 4) is 11.5 Å². The number of halogens is 6. The van der Waals surface area contributed by atoms with Gasteiger partial charge in [0, 0.05) is 36.0 Å². The molecule has 0 radical (unpaired) electrons. The number of para-hydroxylation sites is 2. The van der Waals surface area contributed by atoms with Crippen LogP contribution in [-0.4, -0.2) is 29.5 Å². The van der Waals surface area contributed by atoms with Gasteiger partial charge in [-0.25, -0.2) is 0 Å². The molecule has 0 saturated heterocycles. The Balaban J connectivity index is 1.64. The van der Waals surface area contributed by atoms with E-state index in [0.29, 0.717) is 0 Å². The maximum atomic E-state index is 12.6. The minimum atomic E-state index is -4.91. The molecule has 2 aromatic carbocycles. The topological polar surface area (TPSA) is 89.5 Å². The van der Waals surface area contributed by atoms with E-state index in [-0.39, 0.29) is 35.5 Å². The van der Waals surface area contributed by atoms with Crippen molar-refractivity contribution in [1.29, 1.82) is 0 Å². The van der Waals surface area contributed by atoms with E-state index >= 15 is 0 Å². The highest BCUT2D eigenvalue weighted by Gasteiger charge is 2.32. The Bertz CT molecular complexity index is 1140. The van der Waals surface area contributed by atoms with Gasteiger partial charge >= 0.3 is 12.7 Å². The van der Waals surface area contributed by atoms with Gasteiger partial charge in [0.2, 0.25) is 0 Å². The zero-order chi connectivity index (χ0) is 26.3. The standard InChI is InChI=1S/C23H17F6N3O4/c24-22(25,26)35-18-7-3-1-5-15(18)12-31-20(33)14-9-10-30-17(11-14)21(34)32-13-16-6-2-4-8-19(16)36-23(27,28)29/h1-11H,12-13H2,(H,31,33)(H,32,34). The predicted molar refractivity (Wildman–Crippen MR) is 113 cm³/mol. The van der Waals surface area contributed by atoms with E-state index in [1.165, 1.54) is 42.5 Å². The molecule has 0 aliphatic heterocycles. The molecule has 36 heavy (non-hydrogen) atoms. The van der Waals surface area contributed by atoms with Crippen molar-refractivity contribution in [3.05, 3.63) is 89.2 Å². The summed E-state index contributed by atoms with van der Waals surface area (Å²) < 4.78 is 83.2. The number of nitrogens with one attached hydrogen (secondary N) is 2. The third-order valence-corrected chi connectivity index (χ3v) is 4.53. The highest BCUT2D eigenvalue weighted by atomic mass is 19.4. The molecule has 3 rings (SSSR count). The summed E-state index contributed by atoms with van der Waals surface area (Å²) in [5, 5.41) is 4.82. The average Bonchev–Trinajstić information content (AvgIpc) is 2.80. The lowest BCUT2D eigenvalue weighted by molar-refractivity contribution is -0.275. The summed E-state index contributed by atoms with van der Waals surface area (Å²) in [7, 11) is 0. The Hall–Kier alpha value is -4.29. The summed E-state index contributed by atoms with van der Waals surface area (Å²) >= 11 is 0. The number of rotatable bonds is 8. The van der Waals surface area contributed by atoms with Crippen molar-refractivity contribution >= 4 is 11.8 Å². The Kier molecular flexibility index (Phi) is 8.02. The number of ether oxygens (including phenoxy) is 2. The summed E-state index contributed by atoms with van der Waals surface area (Å²) in [6.07, 6.45) is -8.67. The van der Waals surface area contributed by atoms with Crippen molar-refractivity contribution in [1.82, 2.24) is 15.6 Å². The summed E-state index contributed by atoms with van der Waals surface area (Å²) in [5.74, 6) is -2.45. The van der Waals surface area contributed by atoms with Gasteiger partial charge < -0.3 is 20.1 Å². The molecule has 0 aliphatic carbocycles. The van der Waals surface area contributed by atoms with E-state index in [0.717, 1.165) is 24.4 Å². The van der Waals surface area contributed by atoms with Gasteiger partial charge in [-0.05, 0) is 24.3 Å². The lowest BCUT2D eigenvalue weighted by Gasteiger charge is -2.14. The van der Waals surface area contributed by atoms with Gasteiger partial charge in [0.05, 0.1) is 0 Å². The van der Waals surface area contributed by atoms with Gasteiger partial charge in [-0.15, -0.1) is 26.3 Å². The molecule has 2 amide bonds. The van der Waals surface area contributed by atoms with Crippen LogP contribution in [0.5, 0.6) is 11.5 Å². The molecule has 0 spiro atoms. The average molecular weight is 513 g/mol. The number of alkyl halides is 6. The first-order valence-electron chi connectivity index (χ1n) is 10.1. The van der Waals surface area contributed by atoms with Crippen LogP contribution < -0.4 is 20.1 Å². The fourth-order valence-electron chi connectivity index (χ4n) is 2.99. The van der Waals surface area contributed by atoms with Crippen LogP contribution in [0.2, 0.25) is 0 Å². The Morgan fingerprint density at radius 2 is 1.19 bits per heavy atom. The van der Waals surface area contributed by atoms with Crippen LogP contribution in [0, 0.1) is 0 Å². The van der Waals surface area contributed by atoms with E-state index in [1.54, 1.807) is 0 Å². The third-order valence-electron chi connectivity index (χ3n) is 4.53. The van der Waals surface area contributed by atoms with Crippen molar-refractivity contribution in [2.24, 2.45) is 0 Å². The maximum Gasteiger partial charge on any atom is 0.573 e. The Labute approximate surface area is 200 Å². The number of carbonyl (C=O) groups is 2. The van der Waals surface area contributed by atoms with Crippen molar-refractivity contribution in [2.45, 2.75) is 25.8 Å². The first-order chi connectivity index (χ1) is 16.9. The summed E-state index contributed by atoms with van der Waals surface area (Å²) in [4.78, 5) is 28.8. The second-order valence-electron chi connectivity index (χ2n) is 7.11. The van der Waals surface area contributed by atoms with Crippen molar-refractivity contribution in [3.63, 3.8) is 0 Å². The molecule has 190 valence electrons. The molecule has 0 unspecified atom stereocenters. The lowest BCUT2D eigenvalue weighted by atomic mass is 10.1. The minimum absolute atomic E-state index is 0.0230. The van der Waals surface area contributed by atoms with E-state index in [9.17, 15) is 35.9 Å². The molecule has 0 aliphatic rings. The third kappa shape index (κ3) is 7.89. The van der Waals surface area contributed by atoms with Crippen molar-refractivity contribution in [2.75, 3.05) is 0 Å². The molecule has 13 heteroatoms. The van der Waals surface area contributed by atoms with Gasteiger partial charge in [-0.1, -0.05) is 36.4 Å². The predicted octanol–water partition coefficient (Wildman–Crippen LogP) is 4.74. The number of hydrogen-bond donors (Lipinski definition) is 2. The number of amides is 2. The molecule has 2 N–H and O–H groups in total. The van der Waals surface area contributed by atoms with Gasteiger partial charge in [0.25, 0.3) is 11.8 Å². The Morgan fingerprint density at radius 1 is 0.722 bits per heavy atom. The number of benzene rings is 2. The zero-order valence-electron chi connectivity index (χ0n) is 18.1. The largest absolute Gasteiger partial charge is 0.573 e. The van der Waals surface area contributed by atoms with Crippen LogP contribution in [0.4, 0.5) is 26.3 Å². The second-order valence-corrected chi connectivity index (χ2v) is 7.11. The summed E-state index contributed by atoms with van der Waals surface area (Å²) in [6.45, 7) is -0.621. The molecule has 3 aromatic rings. The fraction of sp³-hybridized carbons (Fsp3) is 0.174. The quantitative estimate of drug-likeness (QED) is 0.425. The fourth-order valence-corrected chi connectivity index (χ4v) is 2.99. The summed E-state index contributed by atoms with van der Waals surface area (Å²) in [5.41, 5.74) is -0.116. The van der Waals surface area contributed by atoms with Gasteiger partial charge in [0.1, 0.15) is 17.2 Å². The van der Waals surface area contributed by atoms with E-state index < -0.39 is 36.0 Å². The van der Waals surface area contributed by atoms with E-state index in [2.05, 4.69) is 25.1 Å². The number of nitrogens with zero attached hydrogens (tertiary/aromatic N) is 1. The minimum Gasteiger partial charge on any atom is -0.405 e. The molecular weight excluding hydrogens is 496 g/mol. The maximum absolute atomic E-state index is 12.6. The lowest BCUT2D eigenvalue weighted by Crippen LogP contribution is -2.27. The van der Waals surface area contributed by atoms with Crippen LogP contribution in [0.1, 0.15) is 32.0 Å². The first kappa shape index (κ1) is 26.3. The van der Waals surface area contributed by atoms with Crippen LogP contribution >= 0.6 is 0 Å². The van der Waals surface area contributed by atoms with Gasteiger partial charge in [0.15, 0.2) is 0 Å². The molecule has 0 atom stereocenters. The highest BCUT2D eigenvalue weighted by molar-refractivity contribution is 5.98. The number of carbonyl (C=O) groups excluding carboxylic acids is 2. The van der Waals surface area contributed by atoms with Crippen LogP contribution in [0.25, 0.3) is 0 Å².